The van der Waals surface area contributed by atoms with Crippen LogP contribution in [-0.2, 0) is 4.79 Å². The highest BCUT2D eigenvalue weighted by Gasteiger charge is 2.40. The highest BCUT2D eigenvalue weighted by molar-refractivity contribution is 9.10. The number of ether oxygens (including phenoxy) is 1. The molecule has 0 radical (unpaired) electrons. The summed E-state index contributed by atoms with van der Waals surface area (Å²) in [6.07, 6.45) is 5.15. The van der Waals surface area contributed by atoms with Crippen molar-refractivity contribution in [3.8, 4) is 5.75 Å². The second-order valence-corrected chi connectivity index (χ2v) is 8.27. The number of hydrogen-bond acceptors (Lipinski definition) is 3. The number of amides is 1. The van der Waals surface area contributed by atoms with Crippen LogP contribution in [0.1, 0.15) is 44.6 Å². The molecule has 2 fully saturated rings. The molecule has 4 nitrogen and oxygen atoms in total. The summed E-state index contributed by atoms with van der Waals surface area (Å²) in [4.78, 5) is 12.6. The van der Waals surface area contributed by atoms with Crippen molar-refractivity contribution >= 4 is 34.2 Å². The third kappa shape index (κ3) is 4.89. The lowest BCUT2D eigenvalue weighted by Gasteiger charge is -2.45. The molecule has 2 aliphatic rings. The maximum absolute atomic E-state index is 12.6. The molecule has 3 N–H and O–H groups in total. The van der Waals surface area contributed by atoms with Crippen molar-refractivity contribution in [3.63, 3.8) is 0 Å². The maximum atomic E-state index is 12.6. The van der Waals surface area contributed by atoms with Gasteiger partial charge in [-0.25, -0.2) is 0 Å². The van der Waals surface area contributed by atoms with Crippen molar-refractivity contribution in [3.05, 3.63) is 28.2 Å². The van der Waals surface area contributed by atoms with Crippen molar-refractivity contribution in [2.75, 3.05) is 0 Å². The number of hydrogen-bond donors (Lipinski definition) is 2. The number of rotatable bonds is 4. The van der Waals surface area contributed by atoms with Crippen LogP contribution in [0.2, 0.25) is 0 Å². The first kappa shape index (κ1) is 20.5. The van der Waals surface area contributed by atoms with E-state index in [-0.39, 0.29) is 24.4 Å². The molecule has 140 valence electrons. The summed E-state index contributed by atoms with van der Waals surface area (Å²) in [5, 5.41) is 3.26. The third-order valence-electron chi connectivity index (χ3n) is 5.45. The Morgan fingerprint density at radius 3 is 2.56 bits per heavy atom. The van der Waals surface area contributed by atoms with Gasteiger partial charge in [-0.3, -0.25) is 4.79 Å². The minimum Gasteiger partial charge on any atom is -0.480 e. The van der Waals surface area contributed by atoms with Crippen molar-refractivity contribution in [2.45, 2.75) is 64.1 Å². The van der Waals surface area contributed by atoms with Crippen LogP contribution in [0.4, 0.5) is 0 Å². The fourth-order valence-electron chi connectivity index (χ4n) is 4.25. The Morgan fingerprint density at radius 1 is 1.32 bits per heavy atom. The minimum atomic E-state index is -0.514. The SMILES string of the molecule is Cc1ccc(OC(C)C(=O)NC2C3CCCC2CC(N)C3)c(Br)c1.Cl. The van der Waals surface area contributed by atoms with Crippen molar-refractivity contribution in [1.29, 1.82) is 0 Å². The second kappa shape index (κ2) is 8.74. The molecule has 3 atom stereocenters. The maximum Gasteiger partial charge on any atom is 0.261 e. The van der Waals surface area contributed by atoms with E-state index in [9.17, 15) is 4.79 Å². The van der Waals surface area contributed by atoms with Gasteiger partial charge in [-0.05, 0) is 85.0 Å². The number of nitrogens with one attached hydrogen (secondary N) is 1. The van der Waals surface area contributed by atoms with Gasteiger partial charge in [0.15, 0.2) is 6.10 Å². The zero-order chi connectivity index (χ0) is 17.3. The number of nitrogens with two attached hydrogens (primary N) is 1. The molecule has 1 aromatic rings. The van der Waals surface area contributed by atoms with Gasteiger partial charge < -0.3 is 15.8 Å². The quantitative estimate of drug-likeness (QED) is 0.758. The van der Waals surface area contributed by atoms with Crippen LogP contribution >= 0.6 is 28.3 Å². The van der Waals surface area contributed by atoms with Crippen molar-refractivity contribution < 1.29 is 9.53 Å². The first-order valence-electron chi connectivity index (χ1n) is 8.93. The van der Waals surface area contributed by atoms with Gasteiger partial charge in [-0.15, -0.1) is 12.4 Å². The fourth-order valence-corrected chi connectivity index (χ4v) is 4.84. The van der Waals surface area contributed by atoms with Crippen LogP contribution in [0.25, 0.3) is 0 Å². The van der Waals surface area contributed by atoms with Crippen LogP contribution in [0.15, 0.2) is 22.7 Å². The molecular weight excluding hydrogens is 404 g/mol. The largest absolute Gasteiger partial charge is 0.480 e. The Kier molecular flexibility index (Phi) is 7.18. The van der Waals surface area contributed by atoms with Gasteiger partial charge in [0.25, 0.3) is 5.91 Å². The summed E-state index contributed by atoms with van der Waals surface area (Å²) in [7, 11) is 0. The molecule has 0 saturated heterocycles. The predicted molar refractivity (Wildman–Crippen MR) is 106 cm³/mol. The van der Waals surface area contributed by atoms with E-state index in [2.05, 4.69) is 21.2 Å². The topological polar surface area (TPSA) is 64.3 Å². The van der Waals surface area contributed by atoms with Gasteiger partial charge >= 0.3 is 0 Å². The second-order valence-electron chi connectivity index (χ2n) is 7.41. The molecule has 0 heterocycles. The highest BCUT2D eigenvalue weighted by Crippen LogP contribution is 2.39. The number of benzene rings is 1. The fraction of sp³-hybridized carbons (Fsp3) is 0.632. The number of carbonyl (C=O) groups is 1. The zero-order valence-corrected chi connectivity index (χ0v) is 17.2. The van der Waals surface area contributed by atoms with Crippen LogP contribution in [0.5, 0.6) is 5.75 Å². The predicted octanol–water partition coefficient (Wildman–Crippen LogP) is 3.97. The van der Waals surface area contributed by atoms with E-state index < -0.39 is 6.10 Å². The lowest BCUT2D eigenvalue weighted by atomic mass is 9.67. The summed E-state index contributed by atoms with van der Waals surface area (Å²) in [5.41, 5.74) is 7.32. The molecule has 3 unspecified atom stereocenters. The number of halogens is 2. The molecule has 6 heteroatoms. The van der Waals surface area contributed by atoms with E-state index in [1.165, 1.54) is 19.3 Å². The molecule has 2 bridgehead atoms. The number of fused-ring (bicyclic) bond motifs is 2. The van der Waals surface area contributed by atoms with Gasteiger partial charge in [-0.2, -0.15) is 0 Å². The van der Waals surface area contributed by atoms with Crippen LogP contribution in [0, 0.1) is 18.8 Å². The molecule has 1 aromatic carbocycles. The summed E-state index contributed by atoms with van der Waals surface area (Å²) >= 11 is 3.50. The van der Waals surface area contributed by atoms with Gasteiger partial charge in [0, 0.05) is 12.1 Å². The van der Waals surface area contributed by atoms with E-state index >= 15 is 0 Å². The molecule has 0 aliphatic heterocycles. The molecule has 25 heavy (non-hydrogen) atoms. The minimum absolute atomic E-state index is 0. The van der Waals surface area contributed by atoms with Gasteiger partial charge in [0.2, 0.25) is 0 Å². The Hall–Kier alpha value is -0.780. The lowest BCUT2D eigenvalue weighted by Crippen LogP contribution is -2.55. The van der Waals surface area contributed by atoms with E-state index in [4.69, 9.17) is 10.5 Å². The average Bonchev–Trinajstić information content (AvgIpc) is 2.50. The van der Waals surface area contributed by atoms with Crippen LogP contribution in [-0.4, -0.2) is 24.1 Å². The van der Waals surface area contributed by atoms with Crippen molar-refractivity contribution in [2.24, 2.45) is 17.6 Å². The Morgan fingerprint density at radius 2 is 1.96 bits per heavy atom. The molecular formula is C19H28BrClN2O2. The van der Waals surface area contributed by atoms with E-state index in [1.54, 1.807) is 0 Å². The summed E-state index contributed by atoms with van der Waals surface area (Å²) in [6, 6.07) is 6.44. The molecule has 2 saturated carbocycles. The molecule has 0 aromatic heterocycles. The van der Waals surface area contributed by atoms with Gasteiger partial charge in [0.05, 0.1) is 4.47 Å². The first-order valence-corrected chi connectivity index (χ1v) is 9.72. The normalized spacial score (nSPS) is 29.3. The van der Waals surface area contributed by atoms with E-state index in [1.807, 2.05) is 32.0 Å². The van der Waals surface area contributed by atoms with Gasteiger partial charge in [0.1, 0.15) is 5.75 Å². The molecule has 1 amide bonds. The van der Waals surface area contributed by atoms with E-state index in [0.717, 1.165) is 22.9 Å². The Balaban J connectivity index is 0.00000225. The average molecular weight is 432 g/mol. The lowest BCUT2D eigenvalue weighted by molar-refractivity contribution is -0.129. The van der Waals surface area contributed by atoms with Crippen LogP contribution in [0.3, 0.4) is 0 Å². The number of carbonyl (C=O) groups excluding carboxylic acids is 1. The van der Waals surface area contributed by atoms with Crippen molar-refractivity contribution in [1.82, 2.24) is 5.32 Å². The Labute approximate surface area is 164 Å². The summed E-state index contributed by atoms with van der Waals surface area (Å²) in [5.74, 6) is 1.72. The molecule has 2 aliphatic carbocycles. The smallest absolute Gasteiger partial charge is 0.261 e. The van der Waals surface area contributed by atoms with Crippen LogP contribution < -0.4 is 15.8 Å². The Bertz CT molecular complexity index is 599. The summed E-state index contributed by atoms with van der Waals surface area (Å²) < 4.78 is 6.74. The third-order valence-corrected chi connectivity index (χ3v) is 6.07. The molecule has 0 spiro atoms. The number of aryl methyl sites for hydroxylation is 1. The summed E-state index contributed by atoms with van der Waals surface area (Å²) in [6.45, 7) is 3.84. The molecule has 3 rings (SSSR count). The first-order chi connectivity index (χ1) is 11.4. The highest BCUT2D eigenvalue weighted by atomic mass is 79.9. The zero-order valence-electron chi connectivity index (χ0n) is 14.8. The van der Waals surface area contributed by atoms with E-state index in [0.29, 0.717) is 23.6 Å². The van der Waals surface area contributed by atoms with Gasteiger partial charge in [-0.1, -0.05) is 12.5 Å². The standard InChI is InChI=1S/C19H27BrN2O2.ClH/c1-11-6-7-17(16(20)8-11)24-12(2)19(23)22-18-13-4-3-5-14(18)10-15(21)9-13;/h6-8,12-15,18H,3-5,9-10,21H2,1-2H3,(H,22,23);1H. The monoisotopic (exact) mass is 430 g/mol.